The molecular weight excluding hydrogens is 269 g/mol. The van der Waals surface area contributed by atoms with E-state index in [1.807, 2.05) is 20.0 Å². The molecule has 1 aromatic rings. The number of aryl methyl sites for hydroxylation is 1. The highest BCUT2D eigenvalue weighted by atomic mass is 19.1. The van der Waals surface area contributed by atoms with Crippen LogP contribution in [0.2, 0.25) is 0 Å². The first-order valence-electron chi connectivity index (χ1n) is 7.62. The van der Waals surface area contributed by atoms with E-state index in [9.17, 15) is 4.39 Å². The van der Waals surface area contributed by atoms with Crippen LogP contribution in [0.15, 0.2) is 12.1 Å². The Balaban J connectivity index is 2.21. The van der Waals surface area contributed by atoms with Gasteiger partial charge in [0.2, 0.25) is 0 Å². The van der Waals surface area contributed by atoms with Gasteiger partial charge >= 0.3 is 0 Å². The molecule has 0 spiro atoms. The van der Waals surface area contributed by atoms with E-state index in [1.54, 1.807) is 6.07 Å². The van der Waals surface area contributed by atoms with Crippen LogP contribution in [0.25, 0.3) is 0 Å². The van der Waals surface area contributed by atoms with Gasteiger partial charge in [-0.1, -0.05) is 0 Å². The van der Waals surface area contributed by atoms with Crippen LogP contribution < -0.4 is 10.2 Å². The summed E-state index contributed by atoms with van der Waals surface area (Å²) >= 11 is 0. The molecule has 21 heavy (non-hydrogen) atoms. The molecule has 1 aliphatic heterocycles. The standard InChI is InChI=1S/C16H26FN3O/c1-12-10-16(14(11-15(12)17)13(2)18-3)20-6-4-19(5-7-20)8-9-21/h10-11,13,18,21H,4-9H2,1-3H3. The van der Waals surface area contributed by atoms with Crippen LogP contribution in [-0.2, 0) is 0 Å². The summed E-state index contributed by atoms with van der Waals surface area (Å²) in [6.45, 7) is 8.50. The van der Waals surface area contributed by atoms with Crippen molar-refractivity contribution in [2.45, 2.75) is 19.9 Å². The molecule has 118 valence electrons. The zero-order valence-corrected chi connectivity index (χ0v) is 13.2. The summed E-state index contributed by atoms with van der Waals surface area (Å²) < 4.78 is 13.9. The van der Waals surface area contributed by atoms with Crippen molar-refractivity contribution in [2.24, 2.45) is 0 Å². The van der Waals surface area contributed by atoms with Crippen molar-refractivity contribution < 1.29 is 9.50 Å². The molecule has 2 N–H and O–H groups in total. The van der Waals surface area contributed by atoms with Crippen molar-refractivity contribution in [1.82, 2.24) is 10.2 Å². The monoisotopic (exact) mass is 295 g/mol. The van der Waals surface area contributed by atoms with Crippen LogP contribution in [0.3, 0.4) is 0 Å². The minimum Gasteiger partial charge on any atom is -0.395 e. The average molecular weight is 295 g/mol. The fourth-order valence-corrected chi connectivity index (χ4v) is 2.81. The number of nitrogens with zero attached hydrogens (tertiary/aromatic N) is 2. The summed E-state index contributed by atoms with van der Waals surface area (Å²) in [6, 6.07) is 3.73. The third kappa shape index (κ3) is 3.73. The summed E-state index contributed by atoms with van der Waals surface area (Å²) in [5, 5.41) is 12.2. The number of benzene rings is 1. The Hall–Kier alpha value is -1.17. The number of piperazine rings is 1. The number of aliphatic hydroxyl groups is 1. The molecule has 1 unspecified atom stereocenters. The third-order valence-corrected chi connectivity index (χ3v) is 4.34. The normalized spacial score (nSPS) is 18.0. The van der Waals surface area contributed by atoms with Crippen LogP contribution in [0.1, 0.15) is 24.1 Å². The maximum Gasteiger partial charge on any atom is 0.126 e. The summed E-state index contributed by atoms with van der Waals surface area (Å²) in [7, 11) is 1.89. The fourth-order valence-electron chi connectivity index (χ4n) is 2.81. The SMILES string of the molecule is CNC(C)c1cc(F)c(C)cc1N1CCN(CCO)CC1. The largest absolute Gasteiger partial charge is 0.395 e. The predicted molar refractivity (Wildman–Crippen MR) is 84.4 cm³/mol. The zero-order valence-electron chi connectivity index (χ0n) is 13.2. The van der Waals surface area contributed by atoms with E-state index in [0.717, 1.165) is 44.0 Å². The fraction of sp³-hybridized carbons (Fsp3) is 0.625. The van der Waals surface area contributed by atoms with E-state index in [0.29, 0.717) is 5.56 Å². The second-order valence-electron chi connectivity index (χ2n) is 5.72. The van der Waals surface area contributed by atoms with E-state index in [1.165, 1.54) is 0 Å². The Labute approximate surface area is 126 Å². The summed E-state index contributed by atoms with van der Waals surface area (Å²) in [4.78, 5) is 4.58. The molecular formula is C16H26FN3O. The van der Waals surface area contributed by atoms with Gasteiger partial charge in [0.25, 0.3) is 0 Å². The molecule has 0 radical (unpaired) electrons. The lowest BCUT2D eigenvalue weighted by Gasteiger charge is -2.37. The zero-order chi connectivity index (χ0) is 15.4. The van der Waals surface area contributed by atoms with Crippen LogP contribution in [0.5, 0.6) is 0 Å². The predicted octanol–water partition coefficient (Wildman–Crippen LogP) is 1.53. The van der Waals surface area contributed by atoms with Gasteiger partial charge in [-0.2, -0.15) is 0 Å². The molecule has 0 saturated carbocycles. The molecule has 0 bridgehead atoms. The highest BCUT2D eigenvalue weighted by Crippen LogP contribution is 2.30. The number of hydrogen-bond acceptors (Lipinski definition) is 4. The first-order valence-corrected chi connectivity index (χ1v) is 7.62. The number of nitrogens with one attached hydrogen (secondary N) is 1. The van der Waals surface area contributed by atoms with E-state index in [2.05, 4.69) is 22.0 Å². The van der Waals surface area contributed by atoms with Gasteiger partial charge in [0.1, 0.15) is 5.82 Å². The van der Waals surface area contributed by atoms with E-state index >= 15 is 0 Å². The molecule has 1 aliphatic rings. The third-order valence-electron chi connectivity index (χ3n) is 4.34. The Bertz CT molecular complexity index is 473. The molecule has 1 aromatic carbocycles. The minimum absolute atomic E-state index is 0.116. The lowest BCUT2D eigenvalue weighted by molar-refractivity contribution is 0.188. The van der Waals surface area contributed by atoms with Crippen molar-refractivity contribution in [3.8, 4) is 0 Å². The Morgan fingerprint density at radius 3 is 2.52 bits per heavy atom. The Morgan fingerprint density at radius 1 is 1.29 bits per heavy atom. The van der Waals surface area contributed by atoms with Crippen molar-refractivity contribution in [1.29, 1.82) is 0 Å². The van der Waals surface area contributed by atoms with E-state index < -0.39 is 0 Å². The van der Waals surface area contributed by atoms with Crippen LogP contribution in [0, 0.1) is 12.7 Å². The topological polar surface area (TPSA) is 38.7 Å². The lowest BCUT2D eigenvalue weighted by atomic mass is 10.0. The van der Waals surface area contributed by atoms with Crippen molar-refractivity contribution in [3.05, 3.63) is 29.1 Å². The number of hydrogen-bond donors (Lipinski definition) is 2. The molecule has 1 atom stereocenters. The van der Waals surface area contributed by atoms with E-state index in [-0.39, 0.29) is 18.5 Å². The van der Waals surface area contributed by atoms with Crippen LogP contribution in [-0.4, -0.2) is 56.4 Å². The Morgan fingerprint density at radius 2 is 1.95 bits per heavy atom. The molecule has 4 nitrogen and oxygen atoms in total. The van der Waals surface area contributed by atoms with Crippen LogP contribution in [0.4, 0.5) is 10.1 Å². The van der Waals surface area contributed by atoms with Gasteiger partial charge in [0, 0.05) is 44.5 Å². The first kappa shape index (κ1) is 16.2. The quantitative estimate of drug-likeness (QED) is 0.864. The number of rotatable bonds is 5. The summed E-state index contributed by atoms with van der Waals surface area (Å²) in [6.07, 6.45) is 0. The smallest absolute Gasteiger partial charge is 0.126 e. The number of halogens is 1. The molecule has 0 amide bonds. The van der Waals surface area contributed by atoms with E-state index in [4.69, 9.17) is 5.11 Å². The number of β-amino-alcohol motifs (C(OH)–C–C–N with tert-alkyl or cyclic N) is 1. The molecule has 1 heterocycles. The highest BCUT2D eigenvalue weighted by molar-refractivity contribution is 5.57. The van der Waals surface area contributed by atoms with Gasteiger partial charge in [-0.05, 0) is 44.2 Å². The second kappa shape index (κ2) is 7.20. The maximum absolute atomic E-state index is 13.9. The van der Waals surface area contributed by atoms with Crippen molar-refractivity contribution in [3.63, 3.8) is 0 Å². The highest BCUT2D eigenvalue weighted by Gasteiger charge is 2.21. The van der Waals surface area contributed by atoms with Crippen LogP contribution >= 0.6 is 0 Å². The van der Waals surface area contributed by atoms with Gasteiger partial charge in [0.15, 0.2) is 0 Å². The van der Waals surface area contributed by atoms with Gasteiger partial charge in [-0.25, -0.2) is 4.39 Å². The molecule has 5 heteroatoms. The summed E-state index contributed by atoms with van der Waals surface area (Å²) in [5.74, 6) is -0.144. The van der Waals surface area contributed by atoms with Crippen molar-refractivity contribution >= 4 is 5.69 Å². The molecule has 2 rings (SSSR count). The molecule has 0 aromatic heterocycles. The van der Waals surface area contributed by atoms with Gasteiger partial charge in [-0.15, -0.1) is 0 Å². The van der Waals surface area contributed by atoms with Gasteiger partial charge in [-0.3, -0.25) is 4.90 Å². The van der Waals surface area contributed by atoms with Gasteiger partial charge in [0.05, 0.1) is 6.61 Å². The second-order valence-corrected chi connectivity index (χ2v) is 5.72. The molecule has 1 fully saturated rings. The van der Waals surface area contributed by atoms with Gasteiger partial charge < -0.3 is 15.3 Å². The maximum atomic E-state index is 13.9. The summed E-state index contributed by atoms with van der Waals surface area (Å²) in [5.41, 5.74) is 2.82. The first-order chi connectivity index (χ1) is 10.1. The molecule has 1 saturated heterocycles. The average Bonchev–Trinajstić information content (AvgIpc) is 2.50. The molecule has 0 aliphatic carbocycles. The minimum atomic E-state index is -0.144. The van der Waals surface area contributed by atoms with Crippen molar-refractivity contribution in [2.75, 3.05) is 51.3 Å². The number of aliphatic hydroxyl groups excluding tert-OH is 1. The Kier molecular flexibility index (Phi) is 5.56. The lowest BCUT2D eigenvalue weighted by Crippen LogP contribution is -2.47. The number of anilines is 1.